The van der Waals surface area contributed by atoms with Gasteiger partial charge in [0.2, 0.25) is 0 Å². The molecular weight excluding hydrogens is 409 g/mol. The molecule has 1 aromatic rings. The molecule has 0 aliphatic carbocycles. The lowest BCUT2D eigenvalue weighted by molar-refractivity contribution is 0.336. The van der Waals surface area contributed by atoms with Gasteiger partial charge in [-0.15, -0.1) is 24.0 Å². The highest BCUT2D eigenvalue weighted by molar-refractivity contribution is 14.0. The number of ether oxygens (including phenoxy) is 1. The molecule has 0 spiro atoms. The van der Waals surface area contributed by atoms with Crippen molar-refractivity contribution in [1.29, 1.82) is 0 Å². The third-order valence-corrected chi connectivity index (χ3v) is 3.54. The summed E-state index contributed by atoms with van der Waals surface area (Å²) in [5, 5.41) is 6.63. The summed E-state index contributed by atoms with van der Waals surface area (Å²) in [5.74, 6) is 2.95. The number of guanidine groups is 1. The van der Waals surface area contributed by atoms with Crippen LogP contribution < -0.4 is 15.4 Å². The van der Waals surface area contributed by atoms with Crippen LogP contribution in [0.1, 0.15) is 25.8 Å². The zero-order valence-corrected chi connectivity index (χ0v) is 16.9. The lowest BCUT2D eigenvalue weighted by Gasteiger charge is -2.12. The highest BCUT2D eigenvalue weighted by Crippen LogP contribution is 2.18. The van der Waals surface area contributed by atoms with Gasteiger partial charge in [-0.3, -0.25) is 0 Å². The van der Waals surface area contributed by atoms with Crippen LogP contribution in [0.5, 0.6) is 5.75 Å². The van der Waals surface area contributed by atoms with E-state index in [1.54, 1.807) is 0 Å². The van der Waals surface area contributed by atoms with Gasteiger partial charge in [-0.2, -0.15) is 11.8 Å². The molecule has 0 fully saturated rings. The number of rotatable bonds is 9. The van der Waals surface area contributed by atoms with Crippen molar-refractivity contribution >= 4 is 41.7 Å². The van der Waals surface area contributed by atoms with Gasteiger partial charge in [0.25, 0.3) is 0 Å². The summed E-state index contributed by atoms with van der Waals surface area (Å²) < 4.78 is 5.63. The number of hydrogen-bond donors (Lipinski definition) is 2. The van der Waals surface area contributed by atoms with Crippen molar-refractivity contribution in [1.82, 2.24) is 10.6 Å². The van der Waals surface area contributed by atoms with E-state index in [2.05, 4.69) is 34.9 Å². The number of hydrogen-bond acceptors (Lipinski definition) is 3. The third-order valence-electron chi connectivity index (χ3n) is 2.84. The second-order valence-corrected chi connectivity index (χ2v) is 5.49. The number of halogens is 1. The van der Waals surface area contributed by atoms with E-state index in [0.717, 1.165) is 36.8 Å². The Hall–Kier alpha value is -0.630. The normalized spacial score (nSPS) is 10.8. The van der Waals surface area contributed by atoms with Crippen LogP contribution in [0.3, 0.4) is 0 Å². The molecule has 2 N–H and O–H groups in total. The highest BCUT2D eigenvalue weighted by atomic mass is 127. The molecule has 0 amide bonds. The second kappa shape index (κ2) is 14.0. The Morgan fingerprint density at radius 3 is 2.68 bits per heavy atom. The minimum Gasteiger partial charge on any atom is -0.494 e. The van der Waals surface area contributed by atoms with Crippen molar-refractivity contribution in [2.45, 2.75) is 26.8 Å². The van der Waals surface area contributed by atoms with Gasteiger partial charge in [-0.1, -0.05) is 18.2 Å². The molecule has 0 unspecified atom stereocenters. The first kappa shape index (κ1) is 21.4. The number of aliphatic imine (C=N–C) groups is 1. The van der Waals surface area contributed by atoms with E-state index in [1.807, 2.05) is 36.9 Å². The lowest BCUT2D eigenvalue weighted by atomic mass is 10.2. The second-order valence-electron chi connectivity index (χ2n) is 4.51. The average molecular weight is 437 g/mol. The molecule has 0 aliphatic heterocycles. The highest BCUT2D eigenvalue weighted by Gasteiger charge is 2.02. The first-order valence-electron chi connectivity index (χ1n) is 7.53. The van der Waals surface area contributed by atoms with E-state index < -0.39 is 0 Å². The van der Waals surface area contributed by atoms with Crippen LogP contribution in [0, 0.1) is 0 Å². The maximum Gasteiger partial charge on any atom is 0.191 e. The predicted octanol–water partition coefficient (Wildman–Crippen LogP) is 3.51. The zero-order valence-electron chi connectivity index (χ0n) is 13.7. The Bertz CT molecular complexity index is 430. The molecule has 1 aromatic carbocycles. The summed E-state index contributed by atoms with van der Waals surface area (Å²) in [6.07, 6.45) is 3.27. The lowest BCUT2D eigenvalue weighted by Crippen LogP contribution is -2.37. The Kier molecular flexibility index (Phi) is 13.6. The van der Waals surface area contributed by atoms with Gasteiger partial charge in [-0.25, -0.2) is 4.99 Å². The number of para-hydroxylation sites is 1. The standard InChI is InChI=1S/C16H27N3OS.HI/c1-4-17-16(18-11-8-12-21-3)19-13-14-9-6-7-10-15(14)20-5-2;/h6-7,9-10H,4-5,8,11-13H2,1-3H3,(H2,17,18,19);1H. The van der Waals surface area contributed by atoms with Crippen molar-refractivity contribution < 1.29 is 4.74 Å². The molecule has 22 heavy (non-hydrogen) atoms. The molecule has 0 aromatic heterocycles. The number of nitrogens with one attached hydrogen (secondary N) is 2. The molecule has 0 heterocycles. The van der Waals surface area contributed by atoms with E-state index in [-0.39, 0.29) is 24.0 Å². The quantitative estimate of drug-likeness (QED) is 0.269. The smallest absolute Gasteiger partial charge is 0.191 e. The molecule has 0 radical (unpaired) electrons. The topological polar surface area (TPSA) is 45.7 Å². The van der Waals surface area contributed by atoms with E-state index in [9.17, 15) is 0 Å². The van der Waals surface area contributed by atoms with Crippen LogP contribution in [0.2, 0.25) is 0 Å². The molecule has 0 bridgehead atoms. The van der Waals surface area contributed by atoms with Crippen molar-refractivity contribution in [3.63, 3.8) is 0 Å². The fourth-order valence-corrected chi connectivity index (χ4v) is 2.29. The van der Waals surface area contributed by atoms with Crippen LogP contribution in [0.4, 0.5) is 0 Å². The summed E-state index contributed by atoms with van der Waals surface area (Å²) >= 11 is 1.87. The Labute approximate surface area is 155 Å². The fraction of sp³-hybridized carbons (Fsp3) is 0.562. The molecule has 0 saturated heterocycles. The Morgan fingerprint density at radius 2 is 2.00 bits per heavy atom. The molecule has 0 atom stereocenters. The van der Waals surface area contributed by atoms with E-state index >= 15 is 0 Å². The number of thioether (sulfide) groups is 1. The average Bonchev–Trinajstić information content (AvgIpc) is 2.50. The van der Waals surface area contributed by atoms with Gasteiger partial charge in [0.1, 0.15) is 5.75 Å². The molecule has 6 heteroatoms. The van der Waals surface area contributed by atoms with Crippen LogP contribution in [-0.2, 0) is 6.54 Å². The van der Waals surface area contributed by atoms with E-state index in [1.165, 1.54) is 5.75 Å². The maximum absolute atomic E-state index is 5.63. The van der Waals surface area contributed by atoms with Crippen molar-refractivity contribution in [3.8, 4) is 5.75 Å². The van der Waals surface area contributed by atoms with Crippen molar-refractivity contribution in [2.75, 3.05) is 31.7 Å². The minimum absolute atomic E-state index is 0. The van der Waals surface area contributed by atoms with Gasteiger partial charge < -0.3 is 15.4 Å². The third kappa shape index (κ3) is 8.73. The summed E-state index contributed by atoms with van der Waals surface area (Å²) in [7, 11) is 0. The van der Waals surface area contributed by atoms with Gasteiger partial charge >= 0.3 is 0 Å². The number of benzene rings is 1. The maximum atomic E-state index is 5.63. The largest absolute Gasteiger partial charge is 0.494 e. The number of nitrogens with zero attached hydrogens (tertiary/aromatic N) is 1. The molecular formula is C16H28IN3OS. The summed E-state index contributed by atoms with van der Waals surface area (Å²) in [4.78, 5) is 4.63. The SMILES string of the molecule is CCNC(=NCc1ccccc1OCC)NCCCSC.I. The first-order chi connectivity index (χ1) is 10.3. The zero-order chi connectivity index (χ0) is 15.3. The van der Waals surface area contributed by atoms with Gasteiger partial charge in [-0.05, 0) is 38.3 Å². The van der Waals surface area contributed by atoms with Gasteiger partial charge in [0.05, 0.1) is 13.2 Å². The molecule has 4 nitrogen and oxygen atoms in total. The fourth-order valence-electron chi connectivity index (χ4n) is 1.86. The monoisotopic (exact) mass is 437 g/mol. The van der Waals surface area contributed by atoms with Crippen LogP contribution >= 0.6 is 35.7 Å². The van der Waals surface area contributed by atoms with Gasteiger partial charge in [0, 0.05) is 18.7 Å². The van der Waals surface area contributed by atoms with E-state index in [0.29, 0.717) is 13.2 Å². The van der Waals surface area contributed by atoms with Crippen LogP contribution in [0.25, 0.3) is 0 Å². The molecule has 126 valence electrons. The van der Waals surface area contributed by atoms with Gasteiger partial charge in [0.15, 0.2) is 5.96 Å². The molecule has 1 rings (SSSR count). The van der Waals surface area contributed by atoms with Crippen LogP contribution in [0.15, 0.2) is 29.3 Å². The summed E-state index contributed by atoms with van der Waals surface area (Å²) in [5.41, 5.74) is 1.11. The molecule has 0 saturated carbocycles. The first-order valence-corrected chi connectivity index (χ1v) is 8.93. The molecule has 0 aliphatic rings. The predicted molar refractivity (Wildman–Crippen MR) is 109 cm³/mol. The van der Waals surface area contributed by atoms with E-state index in [4.69, 9.17) is 4.74 Å². The van der Waals surface area contributed by atoms with Crippen LogP contribution in [-0.4, -0.2) is 37.7 Å². The Balaban J connectivity index is 0.00000441. The Morgan fingerprint density at radius 1 is 1.23 bits per heavy atom. The summed E-state index contributed by atoms with van der Waals surface area (Å²) in [6.45, 7) is 7.17. The van der Waals surface area contributed by atoms with Crippen molar-refractivity contribution in [2.24, 2.45) is 4.99 Å². The minimum atomic E-state index is 0. The van der Waals surface area contributed by atoms with Crippen molar-refractivity contribution in [3.05, 3.63) is 29.8 Å². The summed E-state index contributed by atoms with van der Waals surface area (Å²) in [6, 6.07) is 8.06.